The molecule has 0 saturated carbocycles. The molecule has 2 heterocycles. The maximum Gasteiger partial charge on any atom is 0.162 e. The lowest BCUT2D eigenvalue weighted by atomic mass is 10.2. The van der Waals surface area contributed by atoms with Crippen LogP contribution in [-0.4, -0.2) is 9.97 Å². The Kier molecular flexibility index (Phi) is 6.08. The lowest BCUT2D eigenvalue weighted by molar-refractivity contribution is 1.22. The first kappa shape index (κ1) is 19.8. The molecule has 0 N–H and O–H groups in total. The van der Waals surface area contributed by atoms with E-state index >= 15 is 0 Å². The minimum atomic E-state index is 1.07. The summed E-state index contributed by atoms with van der Waals surface area (Å²) in [6.45, 7) is 2.14. The van der Waals surface area contributed by atoms with Crippen LogP contribution in [0.1, 0.15) is 5.56 Å². The highest BCUT2D eigenvalue weighted by atomic mass is 33.1. The van der Waals surface area contributed by atoms with Crippen LogP contribution in [0.2, 0.25) is 0 Å². The molecule has 0 amide bonds. The standard InChI is InChI=1S/C21H14N2S6/c1-13-10-11-18(26-28-20-22-14-6-2-4-8-16(14)24-20)19(12-13)27-29-21-23-15-7-3-5-9-17(15)25-21/h2-12H,1H3. The Morgan fingerprint density at radius 1 is 0.621 bits per heavy atom. The van der Waals surface area contributed by atoms with Gasteiger partial charge in [0.05, 0.1) is 20.4 Å². The average Bonchev–Trinajstić information content (AvgIpc) is 3.34. The third-order valence-electron chi connectivity index (χ3n) is 4.05. The van der Waals surface area contributed by atoms with Gasteiger partial charge < -0.3 is 0 Å². The van der Waals surface area contributed by atoms with Crippen LogP contribution in [-0.2, 0) is 0 Å². The second kappa shape index (κ2) is 8.91. The molecule has 5 rings (SSSR count). The summed E-state index contributed by atoms with van der Waals surface area (Å²) in [5.74, 6) is 0. The van der Waals surface area contributed by atoms with Gasteiger partial charge in [-0.3, -0.25) is 0 Å². The monoisotopic (exact) mass is 486 g/mol. The van der Waals surface area contributed by atoms with Gasteiger partial charge in [0.15, 0.2) is 8.68 Å². The van der Waals surface area contributed by atoms with Crippen molar-refractivity contribution in [1.29, 1.82) is 0 Å². The number of aromatic nitrogens is 2. The van der Waals surface area contributed by atoms with Crippen molar-refractivity contribution in [2.24, 2.45) is 0 Å². The van der Waals surface area contributed by atoms with E-state index in [9.17, 15) is 0 Å². The van der Waals surface area contributed by atoms with Crippen LogP contribution in [0.5, 0.6) is 0 Å². The van der Waals surface area contributed by atoms with Crippen molar-refractivity contribution in [3.05, 3.63) is 72.3 Å². The molecule has 0 aliphatic rings. The molecule has 0 aliphatic heterocycles. The van der Waals surface area contributed by atoms with E-state index in [1.54, 1.807) is 65.8 Å². The van der Waals surface area contributed by atoms with Crippen molar-refractivity contribution in [2.75, 3.05) is 0 Å². The number of rotatable bonds is 6. The van der Waals surface area contributed by atoms with E-state index in [-0.39, 0.29) is 0 Å². The molecule has 2 aromatic heterocycles. The minimum absolute atomic E-state index is 1.07. The Hall–Kier alpha value is -1.16. The lowest BCUT2D eigenvalue weighted by Gasteiger charge is -2.07. The van der Waals surface area contributed by atoms with Gasteiger partial charge in [0.1, 0.15) is 0 Å². The summed E-state index contributed by atoms with van der Waals surface area (Å²) >= 11 is 3.50. The van der Waals surface area contributed by atoms with Gasteiger partial charge >= 0.3 is 0 Å². The van der Waals surface area contributed by atoms with E-state index in [1.807, 2.05) is 12.1 Å². The van der Waals surface area contributed by atoms with Gasteiger partial charge in [-0.15, -0.1) is 22.7 Å². The second-order valence-electron chi connectivity index (χ2n) is 6.18. The van der Waals surface area contributed by atoms with Gasteiger partial charge in [0.2, 0.25) is 0 Å². The highest BCUT2D eigenvalue weighted by Gasteiger charge is 2.11. The molecule has 5 aromatic rings. The topological polar surface area (TPSA) is 25.8 Å². The fourth-order valence-corrected chi connectivity index (χ4v) is 9.96. The van der Waals surface area contributed by atoms with E-state index in [0.29, 0.717) is 0 Å². The summed E-state index contributed by atoms with van der Waals surface area (Å²) in [5, 5.41) is 0. The quantitative estimate of drug-likeness (QED) is 0.222. The molecule has 0 spiro atoms. The molecule has 0 aliphatic carbocycles. The first-order valence-electron chi connectivity index (χ1n) is 8.75. The molecule has 144 valence electrons. The average molecular weight is 487 g/mol. The molecule has 0 atom stereocenters. The molecule has 0 bridgehead atoms. The predicted molar refractivity (Wildman–Crippen MR) is 134 cm³/mol. The SMILES string of the molecule is Cc1ccc(SSc2nc3ccccc3s2)c(SSc2nc3ccccc3s2)c1. The fourth-order valence-electron chi connectivity index (χ4n) is 2.68. The molecule has 0 saturated heterocycles. The maximum absolute atomic E-state index is 4.74. The van der Waals surface area contributed by atoms with Crippen molar-refractivity contribution in [1.82, 2.24) is 9.97 Å². The zero-order valence-corrected chi connectivity index (χ0v) is 20.1. The van der Waals surface area contributed by atoms with E-state index in [1.165, 1.54) is 24.8 Å². The van der Waals surface area contributed by atoms with Crippen LogP contribution in [0.25, 0.3) is 20.4 Å². The molecule has 2 nitrogen and oxygen atoms in total. The van der Waals surface area contributed by atoms with Crippen LogP contribution >= 0.6 is 65.8 Å². The first-order valence-corrected chi connectivity index (χ1v) is 14.7. The summed E-state index contributed by atoms with van der Waals surface area (Å²) in [6.07, 6.45) is 0. The molecular weight excluding hydrogens is 473 g/mol. The molecule has 0 radical (unpaired) electrons. The van der Waals surface area contributed by atoms with Gasteiger partial charge in [-0.2, -0.15) is 0 Å². The largest absolute Gasteiger partial charge is 0.229 e. The summed E-state index contributed by atoms with van der Waals surface area (Å²) < 4.78 is 4.65. The van der Waals surface area contributed by atoms with Gasteiger partial charge in [-0.1, -0.05) is 30.3 Å². The Morgan fingerprint density at radius 3 is 1.76 bits per heavy atom. The third-order valence-corrected chi connectivity index (χ3v) is 11.7. The van der Waals surface area contributed by atoms with Gasteiger partial charge in [0.25, 0.3) is 0 Å². The minimum Gasteiger partial charge on any atom is -0.229 e. The Bertz CT molecular complexity index is 1230. The van der Waals surface area contributed by atoms with Crippen LogP contribution in [0, 0.1) is 6.92 Å². The number of aryl methyl sites for hydroxylation is 1. The number of fused-ring (bicyclic) bond motifs is 2. The number of hydrogen-bond acceptors (Lipinski definition) is 8. The van der Waals surface area contributed by atoms with Crippen LogP contribution in [0.15, 0.2) is 85.2 Å². The lowest BCUT2D eigenvalue weighted by Crippen LogP contribution is -1.79. The molecule has 0 fully saturated rings. The van der Waals surface area contributed by atoms with Crippen LogP contribution in [0.4, 0.5) is 0 Å². The third kappa shape index (κ3) is 4.62. The normalized spacial score (nSPS) is 11.5. The maximum atomic E-state index is 4.74. The first-order chi connectivity index (χ1) is 14.2. The molecular formula is C21H14N2S6. The van der Waals surface area contributed by atoms with Gasteiger partial charge in [0, 0.05) is 9.79 Å². The highest BCUT2D eigenvalue weighted by Crippen LogP contribution is 2.48. The van der Waals surface area contributed by atoms with E-state index in [0.717, 1.165) is 19.7 Å². The van der Waals surface area contributed by atoms with Crippen molar-refractivity contribution in [3.63, 3.8) is 0 Å². The van der Waals surface area contributed by atoms with Crippen molar-refractivity contribution < 1.29 is 0 Å². The summed E-state index contributed by atoms with van der Waals surface area (Å²) in [4.78, 5) is 12.0. The summed E-state index contributed by atoms with van der Waals surface area (Å²) in [5.41, 5.74) is 3.42. The van der Waals surface area contributed by atoms with E-state index in [4.69, 9.17) is 9.97 Å². The number of para-hydroxylation sites is 2. The van der Waals surface area contributed by atoms with Gasteiger partial charge in [-0.05, 0) is 92.1 Å². The molecule has 0 unspecified atom stereocenters. The number of hydrogen-bond donors (Lipinski definition) is 0. The smallest absolute Gasteiger partial charge is 0.162 e. The fraction of sp³-hybridized carbons (Fsp3) is 0.0476. The van der Waals surface area contributed by atoms with E-state index in [2.05, 4.69) is 61.5 Å². The highest BCUT2D eigenvalue weighted by molar-refractivity contribution is 8.78. The van der Waals surface area contributed by atoms with Crippen LogP contribution in [0.3, 0.4) is 0 Å². The van der Waals surface area contributed by atoms with Crippen molar-refractivity contribution in [2.45, 2.75) is 25.4 Å². The summed E-state index contributed by atoms with van der Waals surface area (Å²) in [6, 6.07) is 23.3. The number of nitrogens with zero attached hydrogens (tertiary/aromatic N) is 2. The molecule has 29 heavy (non-hydrogen) atoms. The Morgan fingerprint density at radius 2 is 1.17 bits per heavy atom. The zero-order chi connectivity index (χ0) is 19.6. The van der Waals surface area contributed by atoms with E-state index < -0.39 is 0 Å². The summed E-state index contributed by atoms with van der Waals surface area (Å²) in [7, 11) is 7.03. The van der Waals surface area contributed by atoms with Gasteiger partial charge in [-0.25, -0.2) is 9.97 Å². The number of thiazole rings is 2. The van der Waals surface area contributed by atoms with Crippen molar-refractivity contribution in [3.8, 4) is 0 Å². The second-order valence-corrected chi connectivity index (χ2v) is 13.1. The predicted octanol–water partition coefficient (Wildman–Crippen LogP) is 8.81. The Labute approximate surface area is 192 Å². The van der Waals surface area contributed by atoms with Crippen molar-refractivity contribution >= 4 is 86.3 Å². The number of benzene rings is 3. The Balaban J connectivity index is 1.32. The van der Waals surface area contributed by atoms with Crippen LogP contribution < -0.4 is 0 Å². The zero-order valence-electron chi connectivity index (χ0n) is 15.2. The molecule has 8 heteroatoms. The molecule has 3 aromatic carbocycles.